The summed E-state index contributed by atoms with van der Waals surface area (Å²) >= 11 is 0. The lowest BCUT2D eigenvalue weighted by Crippen LogP contribution is -2.41. The molecule has 0 saturated carbocycles. The number of piperidine rings is 1. The van der Waals surface area contributed by atoms with Crippen molar-refractivity contribution in [2.24, 2.45) is 5.73 Å². The largest absolute Gasteiger partial charge is 0.392 e. The molecule has 0 aromatic carbocycles. The van der Waals surface area contributed by atoms with Crippen LogP contribution in [0.25, 0.3) is 0 Å². The van der Waals surface area contributed by atoms with Crippen molar-refractivity contribution in [3.63, 3.8) is 0 Å². The summed E-state index contributed by atoms with van der Waals surface area (Å²) in [7, 11) is 0. The third-order valence-corrected chi connectivity index (χ3v) is 6.22. The quantitative estimate of drug-likeness (QED) is 0.308. The highest BCUT2D eigenvalue weighted by molar-refractivity contribution is 4.70. The van der Waals surface area contributed by atoms with E-state index in [0.717, 1.165) is 39.0 Å². The summed E-state index contributed by atoms with van der Waals surface area (Å²) in [5, 5.41) is 10.6. The maximum absolute atomic E-state index is 10.6. The molecule has 1 fully saturated rings. The number of aliphatic hydroxyl groups excluding tert-OH is 1. The topological polar surface area (TPSA) is 52.7 Å². The first-order valence-corrected chi connectivity index (χ1v) is 12.6. The van der Waals surface area contributed by atoms with Crippen LogP contribution in [0.15, 0.2) is 0 Å². The molecule has 1 atom stereocenters. The van der Waals surface area contributed by atoms with Crippen LogP contribution in [0.2, 0.25) is 0 Å². The summed E-state index contributed by atoms with van der Waals surface area (Å²) in [6.45, 7) is 9.85. The molecular weight excluding hydrogens is 346 g/mol. The summed E-state index contributed by atoms with van der Waals surface area (Å²) in [6, 6.07) is 0. The van der Waals surface area contributed by atoms with Gasteiger partial charge in [-0.1, -0.05) is 71.1 Å². The van der Waals surface area contributed by atoms with Gasteiger partial charge in [-0.3, -0.25) is 4.90 Å². The van der Waals surface area contributed by atoms with E-state index in [1.54, 1.807) is 0 Å². The Kier molecular flexibility index (Phi) is 17.4. The van der Waals surface area contributed by atoms with Crippen LogP contribution in [-0.2, 0) is 0 Å². The molecule has 3 N–H and O–H groups in total. The molecule has 1 aliphatic heterocycles. The number of likely N-dealkylation sites (tertiary alicyclic amines) is 1. The van der Waals surface area contributed by atoms with Gasteiger partial charge in [-0.2, -0.15) is 0 Å². The zero-order valence-corrected chi connectivity index (χ0v) is 19.1. The van der Waals surface area contributed by atoms with Crippen molar-refractivity contribution in [1.29, 1.82) is 0 Å². The maximum atomic E-state index is 10.6. The Labute approximate surface area is 176 Å². The van der Waals surface area contributed by atoms with Gasteiger partial charge in [0, 0.05) is 19.6 Å². The zero-order chi connectivity index (χ0) is 20.3. The lowest BCUT2D eigenvalue weighted by Gasteiger charge is -2.31. The number of hydrogen-bond donors (Lipinski definition) is 2. The van der Waals surface area contributed by atoms with Crippen LogP contribution in [0.4, 0.5) is 0 Å². The number of hydrogen-bond acceptors (Lipinski definition) is 4. The fraction of sp³-hybridized carbons (Fsp3) is 1.00. The molecular formula is C24H51N3O. The molecule has 28 heavy (non-hydrogen) atoms. The normalized spacial score (nSPS) is 16.7. The van der Waals surface area contributed by atoms with E-state index in [4.69, 9.17) is 5.73 Å². The van der Waals surface area contributed by atoms with Crippen LogP contribution in [0.5, 0.6) is 0 Å². The first-order valence-electron chi connectivity index (χ1n) is 12.6. The van der Waals surface area contributed by atoms with Crippen LogP contribution in [0.3, 0.4) is 0 Å². The Balaban J connectivity index is 2.17. The van der Waals surface area contributed by atoms with E-state index >= 15 is 0 Å². The Bertz CT molecular complexity index is 321. The van der Waals surface area contributed by atoms with Crippen molar-refractivity contribution >= 4 is 0 Å². The average Bonchev–Trinajstić information content (AvgIpc) is 2.72. The molecule has 0 amide bonds. The molecule has 0 aromatic rings. The highest BCUT2D eigenvalue weighted by Gasteiger charge is 2.15. The van der Waals surface area contributed by atoms with Gasteiger partial charge in [-0.05, 0) is 58.3 Å². The van der Waals surface area contributed by atoms with Gasteiger partial charge in [-0.25, -0.2) is 0 Å². The first-order chi connectivity index (χ1) is 13.8. The number of nitrogens with zero attached hydrogens (tertiary/aromatic N) is 2. The van der Waals surface area contributed by atoms with Crippen LogP contribution in [0, 0.1) is 0 Å². The van der Waals surface area contributed by atoms with Gasteiger partial charge in [0.25, 0.3) is 0 Å². The fourth-order valence-corrected chi connectivity index (χ4v) is 4.32. The van der Waals surface area contributed by atoms with Crippen molar-refractivity contribution < 1.29 is 5.11 Å². The minimum atomic E-state index is -0.157. The Morgan fingerprint density at radius 1 is 0.821 bits per heavy atom. The monoisotopic (exact) mass is 397 g/mol. The minimum Gasteiger partial charge on any atom is -0.392 e. The molecule has 0 aromatic heterocycles. The molecule has 1 rings (SSSR count). The van der Waals surface area contributed by atoms with Crippen LogP contribution in [0.1, 0.15) is 103 Å². The fourth-order valence-electron chi connectivity index (χ4n) is 4.32. The smallest absolute Gasteiger partial charge is 0.0667 e. The van der Waals surface area contributed by atoms with E-state index in [1.807, 2.05) is 0 Å². The Morgan fingerprint density at radius 3 is 2.14 bits per heavy atom. The van der Waals surface area contributed by atoms with Gasteiger partial charge < -0.3 is 15.7 Å². The SMILES string of the molecule is CCCCCCCCCCC(O)CN(CCCCCN)CCN1CCCCC1. The van der Waals surface area contributed by atoms with E-state index in [-0.39, 0.29) is 6.10 Å². The van der Waals surface area contributed by atoms with Gasteiger partial charge in [0.05, 0.1) is 6.10 Å². The lowest BCUT2D eigenvalue weighted by molar-refractivity contribution is 0.0919. The van der Waals surface area contributed by atoms with Gasteiger partial charge in [0.2, 0.25) is 0 Å². The highest BCUT2D eigenvalue weighted by atomic mass is 16.3. The van der Waals surface area contributed by atoms with Gasteiger partial charge in [-0.15, -0.1) is 0 Å². The van der Waals surface area contributed by atoms with Gasteiger partial charge >= 0.3 is 0 Å². The molecule has 0 aliphatic carbocycles. The molecule has 168 valence electrons. The summed E-state index contributed by atoms with van der Waals surface area (Å²) in [4.78, 5) is 5.13. The van der Waals surface area contributed by atoms with Gasteiger partial charge in [0.15, 0.2) is 0 Å². The molecule has 1 unspecified atom stereocenters. The standard InChI is InChI=1S/C24H51N3O/c1-2-3-4-5-6-7-8-11-16-24(28)23-27(20-13-9-12-17-25)22-21-26-18-14-10-15-19-26/h24,28H,2-23,25H2,1H3. The van der Waals surface area contributed by atoms with Crippen LogP contribution < -0.4 is 5.73 Å². The summed E-state index contributed by atoms with van der Waals surface area (Å²) < 4.78 is 0. The second kappa shape index (κ2) is 18.8. The summed E-state index contributed by atoms with van der Waals surface area (Å²) in [6.07, 6.45) is 19.2. The van der Waals surface area contributed by atoms with E-state index in [0.29, 0.717) is 0 Å². The predicted molar refractivity (Wildman–Crippen MR) is 123 cm³/mol. The number of nitrogens with two attached hydrogens (primary N) is 1. The summed E-state index contributed by atoms with van der Waals surface area (Å²) in [5.41, 5.74) is 5.64. The van der Waals surface area contributed by atoms with Crippen molar-refractivity contribution in [1.82, 2.24) is 9.80 Å². The van der Waals surface area contributed by atoms with E-state index < -0.39 is 0 Å². The Morgan fingerprint density at radius 2 is 1.46 bits per heavy atom. The molecule has 0 radical (unpaired) electrons. The maximum Gasteiger partial charge on any atom is 0.0667 e. The number of rotatable bonds is 19. The van der Waals surface area contributed by atoms with E-state index in [1.165, 1.54) is 103 Å². The minimum absolute atomic E-state index is 0.157. The van der Waals surface area contributed by atoms with E-state index in [2.05, 4.69) is 16.7 Å². The molecule has 1 heterocycles. The van der Waals surface area contributed by atoms with Crippen LogP contribution in [-0.4, -0.2) is 66.8 Å². The summed E-state index contributed by atoms with van der Waals surface area (Å²) in [5.74, 6) is 0. The molecule has 1 saturated heterocycles. The molecule has 1 aliphatic rings. The molecule has 0 spiro atoms. The van der Waals surface area contributed by atoms with Crippen LogP contribution >= 0.6 is 0 Å². The van der Waals surface area contributed by atoms with Crippen molar-refractivity contribution in [3.8, 4) is 0 Å². The zero-order valence-electron chi connectivity index (χ0n) is 19.1. The molecule has 4 nitrogen and oxygen atoms in total. The second-order valence-corrected chi connectivity index (χ2v) is 8.97. The van der Waals surface area contributed by atoms with E-state index in [9.17, 15) is 5.11 Å². The molecule has 0 bridgehead atoms. The number of unbranched alkanes of at least 4 members (excludes halogenated alkanes) is 9. The highest BCUT2D eigenvalue weighted by Crippen LogP contribution is 2.12. The Hall–Kier alpha value is -0.160. The average molecular weight is 398 g/mol. The molecule has 4 heteroatoms. The van der Waals surface area contributed by atoms with Gasteiger partial charge in [0.1, 0.15) is 0 Å². The third kappa shape index (κ3) is 14.8. The number of aliphatic hydroxyl groups is 1. The van der Waals surface area contributed by atoms with Crippen molar-refractivity contribution in [3.05, 3.63) is 0 Å². The van der Waals surface area contributed by atoms with Crippen molar-refractivity contribution in [2.45, 2.75) is 109 Å². The van der Waals surface area contributed by atoms with Crippen molar-refractivity contribution in [2.75, 3.05) is 45.8 Å². The third-order valence-electron chi connectivity index (χ3n) is 6.22. The predicted octanol–water partition coefficient (Wildman–Crippen LogP) is 4.80. The second-order valence-electron chi connectivity index (χ2n) is 8.97. The first kappa shape index (κ1) is 25.9. The lowest BCUT2D eigenvalue weighted by atomic mass is 10.1.